The lowest BCUT2D eigenvalue weighted by atomic mass is 9.79. The van der Waals surface area contributed by atoms with Gasteiger partial charge in [-0.15, -0.1) is 0 Å². The first-order valence-electron chi connectivity index (χ1n) is 14.4. The van der Waals surface area contributed by atoms with E-state index in [1.54, 1.807) is 48.5 Å². The van der Waals surface area contributed by atoms with Crippen LogP contribution in [0.5, 0.6) is 5.75 Å². The molecule has 12 nitrogen and oxygen atoms in total. The minimum atomic E-state index is -4.06. The molecule has 0 bridgehead atoms. The fourth-order valence-corrected chi connectivity index (χ4v) is 7.24. The number of amides is 4. The molecule has 1 saturated heterocycles. The Bertz CT molecular complexity index is 1850. The van der Waals surface area contributed by atoms with Crippen LogP contribution in [0, 0.1) is 5.92 Å². The second kappa shape index (κ2) is 10.8. The van der Waals surface area contributed by atoms with Crippen LogP contribution < -0.4 is 20.1 Å². The number of allylic oxidation sites excluding steroid dienone is 2. The summed E-state index contributed by atoms with van der Waals surface area (Å²) >= 11 is 0. The number of sulfonamides is 1. The molecule has 1 aliphatic carbocycles. The summed E-state index contributed by atoms with van der Waals surface area (Å²) in [7, 11) is -2.52. The van der Waals surface area contributed by atoms with Crippen LogP contribution in [-0.4, -0.2) is 67.7 Å². The molecule has 1 spiro atoms. The topological polar surface area (TPSA) is 167 Å². The molecule has 6 rings (SSSR count). The smallest absolute Gasteiger partial charge is 0.268 e. The fourth-order valence-electron chi connectivity index (χ4n) is 6.19. The molecule has 1 fully saturated rings. The van der Waals surface area contributed by atoms with Gasteiger partial charge in [0.15, 0.2) is 0 Å². The van der Waals surface area contributed by atoms with E-state index in [4.69, 9.17) is 4.74 Å². The fraction of sp³-hybridized carbons (Fsp3) is 0.355. The van der Waals surface area contributed by atoms with E-state index < -0.39 is 45.2 Å². The number of H-pyrrole nitrogens is 1. The highest BCUT2D eigenvalue weighted by molar-refractivity contribution is 7.94. The highest BCUT2D eigenvalue weighted by Gasteiger charge is 2.58. The van der Waals surface area contributed by atoms with Crippen molar-refractivity contribution in [2.75, 3.05) is 19.0 Å². The lowest BCUT2D eigenvalue weighted by Crippen LogP contribution is -2.54. The van der Waals surface area contributed by atoms with Crippen molar-refractivity contribution >= 4 is 50.2 Å². The highest BCUT2D eigenvalue weighted by Crippen LogP contribution is 2.46. The number of aromatic amines is 1. The molecular formula is C31H33N5O7S. The number of anilines is 1. The van der Waals surface area contributed by atoms with Crippen LogP contribution in [0.2, 0.25) is 0 Å². The van der Waals surface area contributed by atoms with E-state index in [0.717, 1.165) is 0 Å². The molecule has 44 heavy (non-hydrogen) atoms. The summed E-state index contributed by atoms with van der Waals surface area (Å²) in [4.78, 5) is 59.2. The lowest BCUT2D eigenvalue weighted by Gasteiger charge is -2.29. The largest absolute Gasteiger partial charge is 0.496 e. The Hall–Kier alpha value is -4.65. The summed E-state index contributed by atoms with van der Waals surface area (Å²) in [6.07, 6.45) is 1.84. The van der Waals surface area contributed by atoms with Crippen LogP contribution in [0.3, 0.4) is 0 Å². The van der Waals surface area contributed by atoms with Gasteiger partial charge >= 0.3 is 0 Å². The summed E-state index contributed by atoms with van der Waals surface area (Å²) in [6, 6.07) is 11.7. The zero-order chi connectivity index (χ0) is 31.4. The van der Waals surface area contributed by atoms with Crippen molar-refractivity contribution in [3.05, 3.63) is 70.8 Å². The second-order valence-electron chi connectivity index (χ2n) is 11.9. The molecule has 0 radical (unpaired) electrons. The molecule has 13 heteroatoms. The number of ether oxygens (including phenoxy) is 1. The zero-order valence-corrected chi connectivity index (χ0v) is 25.3. The first-order chi connectivity index (χ1) is 20.9. The van der Waals surface area contributed by atoms with Crippen LogP contribution >= 0.6 is 0 Å². The predicted octanol–water partition coefficient (Wildman–Crippen LogP) is 2.55. The Morgan fingerprint density at radius 1 is 1.14 bits per heavy atom. The van der Waals surface area contributed by atoms with Gasteiger partial charge in [-0.2, -0.15) is 0 Å². The Kier molecular flexibility index (Phi) is 7.23. The third kappa shape index (κ3) is 5.10. The Morgan fingerprint density at radius 3 is 2.59 bits per heavy atom. The van der Waals surface area contributed by atoms with Crippen LogP contribution in [0.1, 0.15) is 49.2 Å². The molecule has 3 aliphatic rings. The molecule has 4 N–H and O–H groups in total. The van der Waals surface area contributed by atoms with E-state index in [9.17, 15) is 27.6 Å². The summed E-state index contributed by atoms with van der Waals surface area (Å²) in [5, 5.41) is 6.36. The van der Waals surface area contributed by atoms with Crippen LogP contribution in [0.25, 0.3) is 10.9 Å². The SMILES string of the molecule is COc1cccc2[nH]c(C(=O)N[C@@H](CC(C)C)C(=O)N3C[C@]4(C[C@H]3C(=O)NS(=O)(=O)C3=CC3)C(=O)Nc3ccccc34)cc12. The normalized spacial score (nSPS) is 21.2. The maximum Gasteiger partial charge on any atom is 0.268 e. The lowest BCUT2D eigenvalue weighted by molar-refractivity contribution is -0.139. The van der Waals surface area contributed by atoms with Gasteiger partial charge in [-0.1, -0.05) is 44.2 Å². The number of nitrogens with one attached hydrogen (secondary N) is 4. The number of nitrogens with zero attached hydrogens (tertiary/aromatic N) is 1. The van der Waals surface area contributed by atoms with Crippen LogP contribution in [0.15, 0.2) is 59.5 Å². The second-order valence-corrected chi connectivity index (χ2v) is 13.6. The van der Waals surface area contributed by atoms with Crippen molar-refractivity contribution in [3.63, 3.8) is 0 Å². The molecule has 0 unspecified atom stereocenters. The van der Waals surface area contributed by atoms with Crippen molar-refractivity contribution in [1.82, 2.24) is 19.9 Å². The van der Waals surface area contributed by atoms with Gasteiger partial charge in [0.05, 0.1) is 17.4 Å². The number of carbonyl (C=O) groups excluding carboxylic acids is 4. The first kappa shape index (κ1) is 29.4. The summed E-state index contributed by atoms with van der Waals surface area (Å²) in [5.41, 5.74) is 0.825. The van der Waals surface area contributed by atoms with E-state index in [0.29, 0.717) is 27.9 Å². The van der Waals surface area contributed by atoms with Gasteiger partial charge in [0.2, 0.25) is 11.8 Å². The number of fused-ring (bicyclic) bond motifs is 3. The van der Waals surface area contributed by atoms with E-state index >= 15 is 0 Å². The molecule has 3 aromatic rings. The van der Waals surface area contributed by atoms with Crippen molar-refractivity contribution in [2.24, 2.45) is 5.92 Å². The molecule has 2 aromatic carbocycles. The Morgan fingerprint density at radius 2 is 1.89 bits per heavy atom. The molecule has 3 atom stereocenters. The maximum atomic E-state index is 14.3. The summed E-state index contributed by atoms with van der Waals surface area (Å²) in [5.74, 6) is -1.86. The molecule has 3 heterocycles. The predicted molar refractivity (Wildman–Crippen MR) is 162 cm³/mol. The summed E-state index contributed by atoms with van der Waals surface area (Å²) in [6.45, 7) is 3.63. The minimum absolute atomic E-state index is 0.0337. The standard InChI is InChI=1S/C31H33N5O7S/c1-17(2)13-24(33-27(37)23-14-19-21(32-23)9-6-10-26(19)43-3)29(39)36-16-31(20-7-4-5-8-22(20)34-30(31)40)15-25(36)28(38)35-44(41,42)18-11-12-18/h4-11,14,17,24-25,32H,12-13,15-16H2,1-3H3,(H,33,37)(H,34,40)(H,35,38)/t24-,25-,31-/m0/s1. The minimum Gasteiger partial charge on any atom is -0.496 e. The maximum absolute atomic E-state index is 14.3. The average molecular weight is 620 g/mol. The van der Waals surface area contributed by atoms with E-state index in [-0.39, 0.29) is 48.2 Å². The van der Waals surface area contributed by atoms with Crippen molar-refractivity contribution < 1.29 is 32.3 Å². The Balaban J connectivity index is 1.33. The van der Waals surface area contributed by atoms with Gasteiger partial charge in [0.1, 0.15) is 23.5 Å². The number of rotatable bonds is 9. The third-order valence-electron chi connectivity index (χ3n) is 8.42. The van der Waals surface area contributed by atoms with E-state index in [1.807, 2.05) is 13.8 Å². The van der Waals surface area contributed by atoms with Gasteiger partial charge in [0, 0.05) is 29.6 Å². The molecule has 230 valence electrons. The number of hydrogen-bond donors (Lipinski definition) is 4. The zero-order valence-electron chi connectivity index (χ0n) is 24.5. The number of methoxy groups -OCH3 is 1. The Labute approximate surface area is 254 Å². The molecule has 4 amide bonds. The van der Waals surface area contributed by atoms with Gasteiger partial charge in [0.25, 0.3) is 21.8 Å². The molecule has 0 saturated carbocycles. The molecule has 1 aromatic heterocycles. The van der Waals surface area contributed by atoms with Gasteiger partial charge in [-0.25, -0.2) is 13.1 Å². The number of likely N-dealkylation sites (tertiary alicyclic amines) is 1. The highest BCUT2D eigenvalue weighted by atomic mass is 32.2. The van der Waals surface area contributed by atoms with Crippen LogP contribution in [0.4, 0.5) is 5.69 Å². The number of para-hydroxylation sites is 1. The van der Waals surface area contributed by atoms with Crippen molar-refractivity contribution in [3.8, 4) is 5.75 Å². The summed E-state index contributed by atoms with van der Waals surface area (Å²) < 4.78 is 32.8. The number of carbonyl (C=O) groups is 4. The van der Waals surface area contributed by atoms with Gasteiger partial charge in [-0.3, -0.25) is 19.2 Å². The monoisotopic (exact) mass is 619 g/mol. The van der Waals surface area contributed by atoms with Crippen LogP contribution in [-0.2, 0) is 29.8 Å². The van der Waals surface area contributed by atoms with Crippen molar-refractivity contribution in [1.29, 1.82) is 0 Å². The van der Waals surface area contributed by atoms with E-state index in [1.165, 1.54) is 18.1 Å². The van der Waals surface area contributed by atoms with Gasteiger partial charge in [-0.05, 0) is 48.6 Å². The number of benzene rings is 2. The van der Waals surface area contributed by atoms with Crippen molar-refractivity contribution in [2.45, 2.75) is 50.6 Å². The average Bonchev–Trinajstić information content (AvgIpc) is 3.55. The van der Waals surface area contributed by atoms with E-state index in [2.05, 4.69) is 20.3 Å². The number of aromatic nitrogens is 1. The first-order valence-corrected chi connectivity index (χ1v) is 15.9. The quantitative estimate of drug-likeness (QED) is 0.286. The third-order valence-corrected chi connectivity index (χ3v) is 9.91. The number of hydrogen-bond acceptors (Lipinski definition) is 7. The van der Waals surface area contributed by atoms with Gasteiger partial charge < -0.3 is 25.3 Å². The molecular weight excluding hydrogens is 586 g/mol. The molecule has 2 aliphatic heterocycles.